The number of halogens is 2. The fourth-order valence-corrected chi connectivity index (χ4v) is 3.76. The SMILES string of the molecule is CC(Cc1ccc(F)cc1F)NC(=O)c1cn2c(c(O)c1=O)C(=O)N1CCO[C@@H]1C2. The number of hydrogen-bond donors (Lipinski definition) is 2. The van der Waals surface area contributed by atoms with Gasteiger partial charge in [-0.3, -0.25) is 14.4 Å². The number of pyridine rings is 1. The van der Waals surface area contributed by atoms with Gasteiger partial charge >= 0.3 is 0 Å². The number of benzene rings is 1. The third-order valence-corrected chi connectivity index (χ3v) is 5.23. The van der Waals surface area contributed by atoms with Gasteiger partial charge in [-0.25, -0.2) is 8.78 Å². The molecule has 0 saturated carbocycles. The lowest BCUT2D eigenvalue weighted by molar-refractivity contribution is 0.00844. The number of rotatable bonds is 4. The van der Waals surface area contributed by atoms with Crippen LogP contribution >= 0.6 is 0 Å². The van der Waals surface area contributed by atoms with E-state index in [1.165, 1.54) is 21.7 Å². The molecule has 10 heteroatoms. The Morgan fingerprint density at radius 1 is 1.37 bits per heavy atom. The van der Waals surface area contributed by atoms with E-state index in [4.69, 9.17) is 4.74 Å². The minimum atomic E-state index is -0.967. The van der Waals surface area contributed by atoms with E-state index in [0.717, 1.165) is 12.1 Å². The summed E-state index contributed by atoms with van der Waals surface area (Å²) in [6, 6.07) is 2.57. The molecule has 2 atom stereocenters. The van der Waals surface area contributed by atoms with E-state index in [2.05, 4.69) is 5.32 Å². The van der Waals surface area contributed by atoms with Crippen molar-refractivity contribution in [1.29, 1.82) is 0 Å². The molecule has 0 bridgehead atoms. The Bertz CT molecular complexity index is 1100. The number of nitrogens with one attached hydrogen (secondary N) is 1. The maximum Gasteiger partial charge on any atom is 0.276 e. The minimum Gasteiger partial charge on any atom is -0.503 e. The average molecular weight is 419 g/mol. The maximum atomic E-state index is 13.8. The van der Waals surface area contributed by atoms with E-state index in [0.29, 0.717) is 13.2 Å². The van der Waals surface area contributed by atoms with Crippen LogP contribution in [0.2, 0.25) is 0 Å². The number of aromatic nitrogens is 1. The Labute approximate surface area is 169 Å². The molecule has 2 aliphatic rings. The van der Waals surface area contributed by atoms with Gasteiger partial charge in [0.1, 0.15) is 17.2 Å². The van der Waals surface area contributed by atoms with Gasteiger partial charge in [0, 0.05) is 24.8 Å². The Hall–Kier alpha value is -3.27. The van der Waals surface area contributed by atoms with Crippen molar-refractivity contribution in [2.75, 3.05) is 13.2 Å². The Morgan fingerprint density at radius 3 is 2.87 bits per heavy atom. The average Bonchev–Trinajstić information content (AvgIpc) is 3.15. The van der Waals surface area contributed by atoms with Gasteiger partial charge in [-0.05, 0) is 25.0 Å². The fraction of sp³-hybridized carbons (Fsp3) is 0.350. The van der Waals surface area contributed by atoms with Crippen LogP contribution in [0.25, 0.3) is 0 Å². The van der Waals surface area contributed by atoms with E-state index in [1.54, 1.807) is 6.92 Å². The van der Waals surface area contributed by atoms with Gasteiger partial charge in [-0.15, -0.1) is 0 Å². The zero-order valence-electron chi connectivity index (χ0n) is 16.0. The molecule has 0 radical (unpaired) electrons. The first-order chi connectivity index (χ1) is 14.3. The number of nitrogens with zero attached hydrogens (tertiary/aromatic N) is 2. The van der Waals surface area contributed by atoms with E-state index in [-0.39, 0.29) is 29.8 Å². The van der Waals surface area contributed by atoms with Gasteiger partial charge in [0.05, 0.1) is 13.2 Å². The minimum absolute atomic E-state index is 0.0689. The highest BCUT2D eigenvalue weighted by atomic mass is 19.1. The molecular formula is C20H19F2N3O5. The van der Waals surface area contributed by atoms with Gasteiger partial charge < -0.3 is 24.6 Å². The molecule has 30 heavy (non-hydrogen) atoms. The predicted molar refractivity (Wildman–Crippen MR) is 100 cm³/mol. The molecule has 1 aromatic heterocycles. The topological polar surface area (TPSA) is 101 Å². The smallest absolute Gasteiger partial charge is 0.276 e. The second-order valence-corrected chi connectivity index (χ2v) is 7.36. The first kappa shape index (κ1) is 20.0. The largest absolute Gasteiger partial charge is 0.503 e. The molecule has 2 amide bonds. The van der Waals surface area contributed by atoms with Gasteiger partial charge in [0.15, 0.2) is 17.7 Å². The summed E-state index contributed by atoms with van der Waals surface area (Å²) >= 11 is 0. The molecule has 1 aromatic carbocycles. The molecule has 8 nitrogen and oxygen atoms in total. The molecule has 2 aromatic rings. The van der Waals surface area contributed by atoms with E-state index < -0.39 is 46.9 Å². The van der Waals surface area contributed by atoms with Crippen LogP contribution in [0.15, 0.2) is 29.2 Å². The van der Waals surface area contributed by atoms with Gasteiger partial charge in [-0.1, -0.05) is 6.07 Å². The van der Waals surface area contributed by atoms with Gasteiger partial charge in [-0.2, -0.15) is 0 Å². The van der Waals surface area contributed by atoms with Gasteiger partial charge in [0.2, 0.25) is 5.43 Å². The monoisotopic (exact) mass is 419 g/mol. The number of fused-ring (bicyclic) bond motifs is 2. The van der Waals surface area contributed by atoms with Gasteiger partial charge in [0.25, 0.3) is 11.8 Å². The van der Waals surface area contributed by atoms with Crippen LogP contribution in [0.3, 0.4) is 0 Å². The molecule has 3 heterocycles. The summed E-state index contributed by atoms with van der Waals surface area (Å²) in [5, 5.41) is 12.9. The third-order valence-electron chi connectivity index (χ3n) is 5.23. The fourth-order valence-electron chi connectivity index (χ4n) is 3.76. The number of carbonyl (C=O) groups is 2. The van der Waals surface area contributed by atoms with Crippen molar-refractivity contribution in [2.24, 2.45) is 0 Å². The van der Waals surface area contributed by atoms with Crippen molar-refractivity contribution in [3.8, 4) is 5.75 Å². The van der Waals surface area contributed by atoms with Crippen molar-refractivity contribution in [2.45, 2.75) is 32.2 Å². The van der Waals surface area contributed by atoms with E-state index in [9.17, 15) is 28.3 Å². The number of hydrogen-bond acceptors (Lipinski definition) is 5. The van der Waals surface area contributed by atoms with Crippen LogP contribution < -0.4 is 10.7 Å². The maximum absolute atomic E-state index is 13.8. The number of aromatic hydroxyl groups is 1. The van der Waals surface area contributed by atoms with Crippen molar-refractivity contribution >= 4 is 11.8 Å². The van der Waals surface area contributed by atoms with E-state index in [1.807, 2.05) is 0 Å². The molecule has 0 spiro atoms. The van der Waals surface area contributed by atoms with Crippen molar-refractivity contribution in [3.05, 3.63) is 63.1 Å². The summed E-state index contributed by atoms with van der Waals surface area (Å²) in [4.78, 5) is 39.1. The zero-order valence-corrected chi connectivity index (χ0v) is 16.0. The zero-order chi connectivity index (χ0) is 21.6. The molecule has 158 valence electrons. The van der Waals surface area contributed by atoms with Crippen molar-refractivity contribution < 1.29 is 28.2 Å². The molecule has 0 aliphatic carbocycles. The highest BCUT2D eigenvalue weighted by Gasteiger charge is 2.39. The normalized spacial score (nSPS) is 18.7. The van der Waals surface area contributed by atoms with Crippen molar-refractivity contribution in [1.82, 2.24) is 14.8 Å². The molecule has 1 unspecified atom stereocenters. The lowest BCUT2D eigenvalue weighted by Crippen LogP contribution is -2.46. The summed E-state index contributed by atoms with van der Waals surface area (Å²) < 4.78 is 33.7. The molecule has 2 N–H and O–H groups in total. The Kier molecular flexibility index (Phi) is 5.02. The second-order valence-electron chi connectivity index (χ2n) is 7.36. The Balaban J connectivity index is 1.57. The highest BCUT2D eigenvalue weighted by molar-refractivity contribution is 5.99. The quantitative estimate of drug-likeness (QED) is 0.770. The van der Waals surface area contributed by atoms with Crippen LogP contribution in [-0.4, -0.2) is 51.8 Å². The summed E-state index contributed by atoms with van der Waals surface area (Å²) in [6.45, 7) is 2.48. The van der Waals surface area contributed by atoms with Crippen LogP contribution in [0.1, 0.15) is 33.3 Å². The Morgan fingerprint density at radius 2 is 2.13 bits per heavy atom. The summed E-state index contributed by atoms with van der Waals surface area (Å²) in [5.41, 5.74) is -1.29. The summed E-state index contributed by atoms with van der Waals surface area (Å²) in [7, 11) is 0. The standard InChI is InChI=1S/C20H19F2N3O5/c1-10(6-11-2-3-12(21)7-14(11)22)23-19(28)13-8-24-9-15-25(4-5-30-15)20(29)16(24)18(27)17(13)26/h2-3,7-8,10,15,27H,4-6,9H2,1H3,(H,23,28)/t10?,15-/m1/s1. The lowest BCUT2D eigenvalue weighted by atomic mass is 10.1. The number of carbonyl (C=O) groups excluding carboxylic acids is 2. The van der Waals surface area contributed by atoms with Crippen LogP contribution in [0.5, 0.6) is 5.75 Å². The number of amides is 2. The lowest BCUT2D eigenvalue weighted by Gasteiger charge is -2.31. The highest BCUT2D eigenvalue weighted by Crippen LogP contribution is 2.26. The molecule has 1 fully saturated rings. The van der Waals surface area contributed by atoms with E-state index >= 15 is 0 Å². The third kappa shape index (κ3) is 3.43. The summed E-state index contributed by atoms with van der Waals surface area (Å²) in [6.07, 6.45) is 0.761. The summed E-state index contributed by atoms with van der Waals surface area (Å²) in [5.74, 6) is -3.55. The first-order valence-electron chi connectivity index (χ1n) is 9.40. The van der Waals surface area contributed by atoms with Crippen molar-refractivity contribution in [3.63, 3.8) is 0 Å². The van der Waals surface area contributed by atoms with Crippen LogP contribution in [0.4, 0.5) is 8.78 Å². The molecule has 4 rings (SSSR count). The molecule has 1 saturated heterocycles. The molecule has 2 aliphatic heterocycles. The second kappa shape index (κ2) is 7.52. The van der Waals surface area contributed by atoms with Crippen LogP contribution in [0, 0.1) is 11.6 Å². The predicted octanol–water partition coefficient (Wildman–Crippen LogP) is 1.01. The molecular weight excluding hydrogens is 400 g/mol. The van der Waals surface area contributed by atoms with Crippen LogP contribution in [-0.2, 0) is 17.7 Å². The number of ether oxygens (including phenoxy) is 1. The first-order valence-corrected chi connectivity index (χ1v) is 9.40.